The molecule has 0 aliphatic rings. The predicted molar refractivity (Wildman–Crippen MR) is 76.2 cm³/mol. The van der Waals surface area contributed by atoms with Crippen LogP contribution in [-0.2, 0) is 4.74 Å². The Kier molecular flexibility index (Phi) is 23.4. The summed E-state index contributed by atoms with van der Waals surface area (Å²) < 4.78 is 4.14. The second-order valence-corrected chi connectivity index (χ2v) is 4.43. The Morgan fingerprint density at radius 3 is 1.56 bits per heavy atom. The molecule has 0 aliphatic heterocycles. The summed E-state index contributed by atoms with van der Waals surface area (Å²) in [5.74, 6) is 0. The minimum absolute atomic E-state index is 0.372. The number of aliphatic hydroxyl groups excluding tert-OH is 1. The number of aliphatic hydroxyl groups is 1. The van der Waals surface area contributed by atoms with Crippen LogP contribution in [0.3, 0.4) is 0 Å². The third-order valence-corrected chi connectivity index (χ3v) is 2.72. The molecule has 1 N–H and O–H groups in total. The second kappa shape index (κ2) is 21.5. The van der Waals surface area contributed by atoms with E-state index < -0.39 is 0 Å². The van der Waals surface area contributed by atoms with Gasteiger partial charge in [0.05, 0.1) is 6.61 Å². The number of ether oxygens (including phenoxy) is 1. The second-order valence-electron chi connectivity index (χ2n) is 4.43. The van der Waals surface area contributed by atoms with Crippen LogP contribution in [0.4, 0.5) is 0 Å². The number of unbranched alkanes of at least 4 members (excludes halogenated alkanes) is 9. The molecule has 0 heterocycles. The van der Waals surface area contributed by atoms with Crippen molar-refractivity contribution in [3.8, 4) is 6.26 Å². The van der Waals surface area contributed by atoms with Crippen LogP contribution in [0.5, 0.6) is 0 Å². The maximum absolute atomic E-state index is 8.57. The molecule has 0 bridgehead atoms. The molecule has 0 atom stereocenters. The molecule has 0 unspecified atom stereocenters. The lowest BCUT2D eigenvalue weighted by Gasteiger charge is -2.00. The van der Waals surface area contributed by atoms with Gasteiger partial charge in [-0.2, -0.15) is 5.26 Å². The van der Waals surface area contributed by atoms with Crippen molar-refractivity contribution in [1.82, 2.24) is 0 Å². The smallest absolute Gasteiger partial charge is 0.286 e. The molecule has 0 rings (SSSR count). The van der Waals surface area contributed by atoms with E-state index in [0.717, 1.165) is 6.42 Å². The third kappa shape index (κ3) is 24.5. The summed E-state index contributed by atoms with van der Waals surface area (Å²) in [6.45, 7) is 4.88. The van der Waals surface area contributed by atoms with Gasteiger partial charge >= 0.3 is 0 Å². The monoisotopic (exact) mass is 257 g/mol. The van der Waals surface area contributed by atoms with Crippen molar-refractivity contribution in [3.05, 3.63) is 0 Å². The summed E-state index contributed by atoms with van der Waals surface area (Å²) in [5.41, 5.74) is 0. The van der Waals surface area contributed by atoms with E-state index in [9.17, 15) is 0 Å². The molecule has 0 radical (unpaired) electrons. The Morgan fingerprint density at radius 2 is 1.28 bits per heavy atom. The predicted octanol–water partition coefficient (Wildman–Crippen LogP) is 4.40. The molecule has 0 aromatic rings. The van der Waals surface area contributed by atoms with Crippen molar-refractivity contribution in [2.75, 3.05) is 13.2 Å². The van der Waals surface area contributed by atoms with E-state index >= 15 is 0 Å². The standard InChI is InChI=1S/C12H26O.C3H5NO/c1-2-3-4-5-6-7-8-9-10-11-12-13;1-2-5-3-4/h13H,2-12H2,1H3;2H2,1H3. The van der Waals surface area contributed by atoms with E-state index in [1.54, 1.807) is 6.92 Å². The van der Waals surface area contributed by atoms with Gasteiger partial charge in [-0.25, -0.2) is 0 Å². The fourth-order valence-electron chi connectivity index (χ4n) is 1.66. The van der Waals surface area contributed by atoms with E-state index in [1.807, 2.05) is 0 Å². The van der Waals surface area contributed by atoms with Gasteiger partial charge in [0.15, 0.2) is 0 Å². The molecule has 0 saturated heterocycles. The van der Waals surface area contributed by atoms with Crippen molar-refractivity contribution in [2.24, 2.45) is 0 Å². The molecule has 0 saturated carbocycles. The van der Waals surface area contributed by atoms with Gasteiger partial charge in [0.1, 0.15) is 0 Å². The van der Waals surface area contributed by atoms with Crippen molar-refractivity contribution in [2.45, 2.75) is 78.1 Å². The zero-order chi connectivity index (χ0) is 13.9. The van der Waals surface area contributed by atoms with E-state index in [0.29, 0.717) is 13.2 Å². The topological polar surface area (TPSA) is 53.2 Å². The first kappa shape index (κ1) is 19.6. The number of hydrogen-bond donors (Lipinski definition) is 1. The Hall–Kier alpha value is -0.750. The molecule has 108 valence electrons. The average Bonchev–Trinajstić information content (AvgIpc) is 2.39. The van der Waals surface area contributed by atoms with Crippen molar-refractivity contribution < 1.29 is 9.84 Å². The van der Waals surface area contributed by atoms with Gasteiger partial charge in [-0.1, -0.05) is 64.7 Å². The minimum atomic E-state index is 0.372. The Labute approximate surface area is 113 Å². The highest BCUT2D eigenvalue weighted by Crippen LogP contribution is 2.09. The van der Waals surface area contributed by atoms with Crippen LogP contribution < -0.4 is 0 Å². The van der Waals surface area contributed by atoms with Crippen LogP contribution >= 0.6 is 0 Å². The zero-order valence-electron chi connectivity index (χ0n) is 12.3. The molecular weight excluding hydrogens is 226 g/mol. The molecule has 0 fully saturated rings. The first-order valence-electron chi connectivity index (χ1n) is 7.45. The first-order chi connectivity index (χ1) is 8.83. The maximum Gasteiger partial charge on any atom is 0.286 e. The quantitative estimate of drug-likeness (QED) is 0.441. The largest absolute Gasteiger partial charge is 0.428 e. The molecule has 18 heavy (non-hydrogen) atoms. The fourth-order valence-corrected chi connectivity index (χ4v) is 1.66. The summed E-state index contributed by atoms with van der Waals surface area (Å²) >= 11 is 0. The van der Waals surface area contributed by atoms with Gasteiger partial charge in [0, 0.05) is 6.61 Å². The van der Waals surface area contributed by atoms with Crippen LogP contribution in [0.25, 0.3) is 0 Å². The highest BCUT2D eigenvalue weighted by molar-refractivity contribution is 4.46. The van der Waals surface area contributed by atoms with Crippen LogP contribution in [0.2, 0.25) is 0 Å². The molecule has 3 heteroatoms. The molecule has 0 aromatic heterocycles. The summed E-state index contributed by atoms with van der Waals surface area (Å²) in [6.07, 6.45) is 14.8. The van der Waals surface area contributed by atoms with E-state index in [1.165, 1.54) is 64.0 Å². The Morgan fingerprint density at radius 1 is 0.833 bits per heavy atom. The number of nitriles is 1. The van der Waals surface area contributed by atoms with Crippen LogP contribution in [0, 0.1) is 11.5 Å². The normalized spacial score (nSPS) is 9.22. The fraction of sp³-hybridized carbons (Fsp3) is 0.933. The Bertz CT molecular complexity index is 156. The van der Waals surface area contributed by atoms with Gasteiger partial charge in [-0.3, -0.25) is 0 Å². The minimum Gasteiger partial charge on any atom is -0.428 e. The van der Waals surface area contributed by atoms with Crippen molar-refractivity contribution in [1.29, 1.82) is 5.26 Å². The third-order valence-electron chi connectivity index (χ3n) is 2.72. The summed E-state index contributed by atoms with van der Waals surface area (Å²) in [4.78, 5) is 0. The number of hydrogen-bond acceptors (Lipinski definition) is 3. The van der Waals surface area contributed by atoms with Crippen LogP contribution in [-0.4, -0.2) is 18.3 Å². The van der Waals surface area contributed by atoms with E-state index in [-0.39, 0.29) is 0 Å². The lowest BCUT2D eigenvalue weighted by Crippen LogP contribution is -1.84. The van der Waals surface area contributed by atoms with E-state index in [2.05, 4.69) is 11.7 Å². The highest BCUT2D eigenvalue weighted by atomic mass is 16.5. The lowest BCUT2D eigenvalue weighted by atomic mass is 10.1. The SMILES string of the molecule is CCCCCCCCCCCCO.CCOC#N. The molecule has 0 amide bonds. The number of rotatable bonds is 11. The van der Waals surface area contributed by atoms with Crippen molar-refractivity contribution in [3.63, 3.8) is 0 Å². The molecule has 3 nitrogen and oxygen atoms in total. The van der Waals surface area contributed by atoms with Crippen LogP contribution in [0.15, 0.2) is 0 Å². The van der Waals surface area contributed by atoms with Gasteiger partial charge in [0.25, 0.3) is 6.26 Å². The van der Waals surface area contributed by atoms with Crippen molar-refractivity contribution >= 4 is 0 Å². The summed E-state index contributed by atoms with van der Waals surface area (Å²) in [7, 11) is 0. The van der Waals surface area contributed by atoms with E-state index in [4.69, 9.17) is 10.4 Å². The molecule has 0 aromatic carbocycles. The molecule has 0 spiro atoms. The van der Waals surface area contributed by atoms with Crippen LogP contribution in [0.1, 0.15) is 78.1 Å². The summed E-state index contributed by atoms with van der Waals surface area (Å²) in [5, 5.41) is 16.2. The van der Waals surface area contributed by atoms with Gasteiger partial charge in [-0.05, 0) is 13.3 Å². The molecule has 0 aliphatic carbocycles. The number of nitrogens with zero attached hydrogens (tertiary/aromatic N) is 1. The lowest BCUT2D eigenvalue weighted by molar-refractivity contribution is 0.282. The van der Waals surface area contributed by atoms with Gasteiger partial charge in [-0.15, -0.1) is 0 Å². The molecular formula is C15H31NO2. The highest BCUT2D eigenvalue weighted by Gasteiger charge is 1.91. The average molecular weight is 257 g/mol. The first-order valence-corrected chi connectivity index (χ1v) is 7.45. The maximum atomic E-state index is 8.57. The summed E-state index contributed by atoms with van der Waals surface area (Å²) in [6, 6.07) is 0. The zero-order valence-corrected chi connectivity index (χ0v) is 12.3. The van der Waals surface area contributed by atoms with Gasteiger partial charge < -0.3 is 9.84 Å². The van der Waals surface area contributed by atoms with Gasteiger partial charge in [0.2, 0.25) is 0 Å². The Balaban J connectivity index is 0.